The van der Waals surface area contributed by atoms with Crippen molar-refractivity contribution < 1.29 is 16.8 Å². The Kier molecular flexibility index (Phi) is 3.69. The average Bonchev–Trinajstić information content (AvgIpc) is 3.20. The maximum absolute atomic E-state index is 13.4. The number of sulfone groups is 2. The first-order valence-electron chi connectivity index (χ1n) is 9.18. The number of fused-ring (bicyclic) bond motifs is 5. The zero-order valence-electron chi connectivity index (χ0n) is 14.5. The van der Waals surface area contributed by atoms with Crippen molar-refractivity contribution in [1.29, 1.82) is 0 Å². The standard InChI is InChI=1S/C21H20O4S2/c22-26(23,16-7-3-1-4-8-16)20-18-14-11-12-15(13-14)19(18)21(20)27(24,25)17-9-5-2-6-10-17/h1-12,14-15,18-21H,13H2. The Morgan fingerprint density at radius 3 is 1.33 bits per heavy atom. The zero-order chi connectivity index (χ0) is 18.8. The minimum atomic E-state index is -3.73. The third-order valence-corrected chi connectivity index (χ3v) is 11.2. The molecular formula is C21H20O4S2. The lowest BCUT2D eigenvalue weighted by Crippen LogP contribution is -2.63. The molecule has 0 N–H and O–H groups in total. The molecule has 0 spiro atoms. The van der Waals surface area contributed by atoms with E-state index in [0.29, 0.717) is 0 Å². The van der Waals surface area contributed by atoms with Gasteiger partial charge in [0.05, 0.1) is 20.3 Å². The molecular weight excluding hydrogens is 380 g/mol. The molecule has 2 saturated carbocycles. The van der Waals surface area contributed by atoms with E-state index in [1.807, 2.05) is 0 Å². The topological polar surface area (TPSA) is 68.3 Å². The van der Waals surface area contributed by atoms with Crippen LogP contribution in [0.25, 0.3) is 0 Å². The van der Waals surface area contributed by atoms with Gasteiger partial charge in [0.25, 0.3) is 0 Å². The van der Waals surface area contributed by atoms with Gasteiger partial charge in [-0.15, -0.1) is 0 Å². The van der Waals surface area contributed by atoms with E-state index in [1.54, 1.807) is 60.7 Å². The van der Waals surface area contributed by atoms with E-state index in [1.165, 1.54) is 0 Å². The third kappa shape index (κ3) is 2.32. The van der Waals surface area contributed by atoms with Crippen LogP contribution in [0.5, 0.6) is 0 Å². The van der Waals surface area contributed by atoms with Crippen LogP contribution >= 0.6 is 0 Å². The van der Waals surface area contributed by atoms with Crippen molar-refractivity contribution >= 4 is 19.7 Å². The van der Waals surface area contributed by atoms with Gasteiger partial charge in [-0.25, -0.2) is 16.8 Å². The van der Waals surface area contributed by atoms with Crippen molar-refractivity contribution in [2.75, 3.05) is 0 Å². The van der Waals surface area contributed by atoms with Crippen molar-refractivity contribution in [2.24, 2.45) is 23.7 Å². The number of benzene rings is 2. The number of allylic oxidation sites excluding steroid dienone is 2. The number of hydrogen-bond acceptors (Lipinski definition) is 4. The van der Waals surface area contributed by atoms with Gasteiger partial charge < -0.3 is 0 Å². The van der Waals surface area contributed by atoms with Gasteiger partial charge in [0.2, 0.25) is 0 Å². The monoisotopic (exact) mass is 400 g/mol. The molecule has 0 amide bonds. The van der Waals surface area contributed by atoms with Crippen molar-refractivity contribution in [3.63, 3.8) is 0 Å². The van der Waals surface area contributed by atoms with Gasteiger partial charge in [-0.2, -0.15) is 0 Å². The lowest BCUT2D eigenvalue weighted by Gasteiger charge is -2.51. The second-order valence-electron chi connectivity index (χ2n) is 7.75. The van der Waals surface area contributed by atoms with Crippen LogP contribution in [-0.2, 0) is 19.7 Å². The summed E-state index contributed by atoms with van der Waals surface area (Å²) in [5.74, 6) is 0.138. The summed E-state index contributed by atoms with van der Waals surface area (Å²) in [6.07, 6.45) is 5.05. The first-order valence-corrected chi connectivity index (χ1v) is 12.3. The summed E-state index contributed by atoms with van der Waals surface area (Å²) in [6, 6.07) is 16.5. The normalized spacial score (nSPS) is 34.2. The fourth-order valence-electron chi connectivity index (χ4n) is 5.42. The highest BCUT2D eigenvalue weighted by Crippen LogP contribution is 2.63. The first kappa shape index (κ1) is 17.2. The summed E-state index contributed by atoms with van der Waals surface area (Å²) in [4.78, 5) is 0.432. The molecule has 4 nitrogen and oxygen atoms in total. The highest BCUT2D eigenvalue weighted by atomic mass is 32.2. The minimum Gasteiger partial charge on any atom is -0.223 e. The van der Waals surface area contributed by atoms with E-state index in [0.717, 1.165) is 6.42 Å². The molecule has 2 aromatic carbocycles. The smallest absolute Gasteiger partial charge is 0.182 e. The average molecular weight is 401 g/mol. The lowest BCUT2D eigenvalue weighted by atomic mass is 9.67. The largest absolute Gasteiger partial charge is 0.223 e. The van der Waals surface area contributed by atoms with Crippen LogP contribution in [0.1, 0.15) is 6.42 Å². The zero-order valence-corrected chi connectivity index (χ0v) is 16.2. The van der Waals surface area contributed by atoms with E-state index in [2.05, 4.69) is 12.2 Å². The second kappa shape index (κ2) is 5.79. The van der Waals surface area contributed by atoms with E-state index < -0.39 is 30.2 Å². The summed E-state index contributed by atoms with van der Waals surface area (Å²) in [7, 11) is -7.46. The molecule has 0 saturated heterocycles. The van der Waals surface area contributed by atoms with Gasteiger partial charge in [0.1, 0.15) is 0 Å². The van der Waals surface area contributed by atoms with E-state index in [-0.39, 0.29) is 33.5 Å². The summed E-state index contributed by atoms with van der Waals surface area (Å²) >= 11 is 0. The van der Waals surface area contributed by atoms with Crippen LogP contribution in [-0.4, -0.2) is 27.3 Å². The van der Waals surface area contributed by atoms with Crippen LogP contribution in [0.3, 0.4) is 0 Å². The van der Waals surface area contributed by atoms with Gasteiger partial charge >= 0.3 is 0 Å². The Bertz CT molecular complexity index is 1020. The first-order chi connectivity index (χ1) is 12.9. The van der Waals surface area contributed by atoms with Crippen molar-refractivity contribution in [1.82, 2.24) is 0 Å². The molecule has 2 bridgehead atoms. The molecule has 2 fully saturated rings. The minimum absolute atomic E-state index is 0.103. The summed E-state index contributed by atoms with van der Waals surface area (Å²) in [6.45, 7) is 0. The Balaban J connectivity index is 1.64. The molecule has 140 valence electrons. The van der Waals surface area contributed by atoms with Gasteiger partial charge in [-0.1, -0.05) is 48.6 Å². The third-order valence-electron chi connectivity index (χ3n) is 6.53. The van der Waals surface area contributed by atoms with Crippen LogP contribution in [0, 0.1) is 23.7 Å². The van der Waals surface area contributed by atoms with Crippen molar-refractivity contribution in [3.8, 4) is 0 Å². The van der Waals surface area contributed by atoms with Gasteiger partial charge in [-0.3, -0.25) is 0 Å². The summed E-state index contributed by atoms with van der Waals surface area (Å²) < 4.78 is 53.7. The molecule has 5 rings (SSSR count). The molecule has 3 aliphatic rings. The quantitative estimate of drug-likeness (QED) is 0.740. The van der Waals surface area contributed by atoms with Crippen LogP contribution in [0.15, 0.2) is 82.6 Å². The van der Waals surface area contributed by atoms with Gasteiger partial charge in [-0.05, 0) is 54.4 Å². The molecule has 0 aliphatic heterocycles. The van der Waals surface area contributed by atoms with E-state index in [9.17, 15) is 16.8 Å². The lowest BCUT2D eigenvalue weighted by molar-refractivity contribution is 0.171. The summed E-state index contributed by atoms with van der Waals surface area (Å²) in [5.41, 5.74) is 0. The van der Waals surface area contributed by atoms with E-state index in [4.69, 9.17) is 0 Å². The predicted molar refractivity (Wildman–Crippen MR) is 103 cm³/mol. The van der Waals surface area contributed by atoms with Gasteiger partial charge in [0.15, 0.2) is 19.7 Å². The Hall–Kier alpha value is -1.92. The highest BCUT2D eigenvalue weighted by molar-refractivity contribution is 7.96. The Morgan fingerprint density at radius 1 is 0.593 bits per heavy atom. The molecule has 0 heterocycles. The predicted octanol–water partition coefficient (Wildman–Crippen LogP) is 3.12. The van der Waals surface area contributed by atoms with Crippen molar-refractivity contribution in [2.45, 2.75) is 26.7 Å². The van der Waals surface area contributed by atoms with Gasteiger partial charge in [0, 0.05) is 0 Å². The Morgan fingerprint density at radius 2 is 0.963 bits per heavy atom. The molecule has 0 aromatic heterocycles. The fourth-order valence-corrected chi connectivity index (χ4v) is 10.7. The molecule has 6 unspecified atom stereocenters. The SMILES string of the molecule is O=S(=O)(c1ccccc1)C1C2C3C=CC(C3)C2C1S(=O)(=O)c1ccccc1. The van der Waals surface area contributed by atoms with E-state index >= 15 is 0 Å². The molecule has 3 aliphatic carbocycles. The number of hydrogen-bond donors (Lipinski definition) is 0. The number of rotatable bonds is 4. The van der Waals surface area contributed by atoms with Crippen LogP contribution < -0.4 is 0 Å². The highest BCUT2D eigenvalue weighted by Gasteiger charge is 2.69. The van der Waals surface area contributed by atoms with Crippen molar-refractivity contribution in [3.05, 3.63) is 72.8 Å². The second-order valence-corrected chi connectivity index (χ2v) is 12.0. The molecule has 0 radical (unpaired) electrons. The van der Waals surface area contributed by atoms with Crippen LogP contribution in [0.2, 0.25) is 0 Å². The fraction of sp³-hybridized carbons (Fsp3) is 0.333. The molecule has 27 heavy (non-hydrogen) atoms. The molecule has 6 heteroatoms. The maximum atomic E-state index is 13.4. The maximum Gasteiger partial charge on any atom is 0.182 e. The molecule has 2 aromatic rings. The Labute approximate surface area is 159 Å². The molecule has 6 atom stereocenters. The van der Waals surface area contributed by atoms with Crippen LogP contribution in [0.4, 0.5) is 0 Å². The summed E-state index contributed by atoms with van der Waals surface area (Å²) in [5, 5.41) is -1.76.